The van der Waals surface area contributed by atoms with Gasteiger partial charge in [0.05, 0.1) is 6.42 Å². The van der Waals surface area contributed by atoms with Crippen LogP contribution in [0.4, 0.5) is 0 Å². The third-order valence-electron chi connectivity index (χ3n) is 3.15. The quantitative estimate of drug-likeness (QED) is 0.635. The summed E-state index contributed by atoms with van der Waals surface area (Å²) in [6.45, 7) is 1.48. The maximum atomic E-state index is 11.9. The number of hydrogen-bond donors (Lipinski definition) is 3. The van der Waals surface area contributed by atoms with Gasteiger partial charge in [0.1, 0.15) is 6.04 Å². The van der Waals surface area contributed by atoms with Gasteiger partial charge in [0.25, 0.3) is 0 Å². The van der Waals surface area contributed by atoms with Crippen molar-refractivity contribution in [3.63, 3.8) is 0 Å². The summed E-state index contributed by atoms with van der Waals surface area (Å²) in [5, 5.41) is 13.7. The van der Waals surface area contributed by atoms with Crippen LogP contribution in [0.25, 0.3) is 0 Å². The van der Waals surface area contributed by atoms with Crippen LogP contribution in [0, 0.1) is 5.92 Å². The number of amides is 2. The zero-order valence-electron chi connectivity index (χ0n) is 10.6. The third-order valence-corrected chi connectivity index (χ3v) is 3.15. The number of carboxylic acids is 1. The Bertz CT molecular complexity index is 324. The maximum absolute atomic E-state index is 11.9. The van der Waals surface area contributed by atoms with Gasteiger partial charge in [-0.2, -0.15) is 0 Å². The summed E-state index contributed by atoms with van der Waals surface area (Å²) in [6.07, 6.45) is 3.89. The van der Waals surface area contributed by atoms with Crippen LogP contribution in [0.2, 0.25) is 0 Å². The van der Waals surface area contributed by atoms with Crippen LogP contribution in [-0.4, -0.2) is 35.5 Å². The highest BCUT2D eigenvalue weighted by Crippen LogP contribution is 2.27. The van der Waals surface area contributed by atoms with Crippen LogP contribution in [0.5, 0.6) is 0 Å². The van der Waals surface area contributed by atoms with Gasteiger partial charge in [-0.05, 0) is 18.8 Å². The standard InChI is InChI=1S/C12H20N2O4/c1-8(15)14-11(9-4-2-3-5-9)12(18)13-7-6-10(16)17/h9,11H,2-7H2,1H3,(H,13,18)(H,14,15)(H,16,17). The van der Waals surface area contributed by atoms with Crippen molar-refractivity contribution in [1.82, 2.24) is 10.6 Å². The number of rotatable bonds is 6. The molecule has 1 fully saturated rings. The average Bonchev–Trinajstić information content (AvgIpc) is 2.78. The molecule has 3 N–H and O–H groups in total. The Kier molecular flexibility index (Phi) is 5.61. The van der Waals surface area contributed by atoms with Crippen LogP contribution in [-0.2, 0) is 14.4 Å². The molecule has 6 nitrogen and oxygen atoms in total. The first-order chi connectivity index (χ1) is 8.50. The lowest BCUT2D eigenvalue weighted by molar-refractivity contribution is -0.137. The number of nitrogens with one attached hydrogen (secondary N) is 2. The molecule has 102 valence electrons. The van der Waals surface area contributed by atoms with E-state index in [1.807, 2.05) is 0 Å². The van der Waals surface area contributed by atoms with Crippen LogP contribution in [0.15, 0.2) is 0 Å². The minimum Gasteiger partial charge on any atom is -0.481 e. The third kappa shape index (κ3) is 4.73. The molecule has 2 amide bonds. The SMILES string of the molecule is CC(=O)NC(C(=O)NCCC(=O)O)C1CCCC1. The summed E-state index contributed by atoms with van der Waals surface area (Å²) in [5.41, 5.74) is 0. The summed E-state index contributed by atoms with van der Waals surface area (Å²) >= 11 is 0. The summed E-state index contributed by atoms with van der Waals surface area (Å²) in [5.74, 6) is -1.30. The lowest BCUT2D eigenvalue weighted by Gasteiger charge is -2.23. The van der Waals surface area contributed by atoms with Gasteiger partial charge in [0.2, 0.25) is 11.8 Å². The number of carbonyl (C=O) groups is 3. The van der Waals surface area contributed by atoms with Crippen molar-refractivity contribution in [2.45, 2.75) is 45.1 Å². The highest BCUT2D eigenvalue weighted by molar-refractivity contribution is 5.87. The largest absolute Gasteiger partial charge is 0.481 e. The molecule has 0 radical (unpaired) electrons. The lowest BCUT2D eigenvalue weighted by Crippen LogP contribution is -2.50. The lowest BCUT2D eigenvalue weighted by atomic mass is 9.97. The van der Waals surface area contributed by atoms with Gasteiger partial charge < -0.3 is 15.7 Å². The fourth-order valence-corrected chi connectivity index (χ4v) is 2.31. The monoisotopic (exact) mass is 256 g/mol. The van der Waals surface area contributed by atoms with Gasteiger partial charge in [-0.25, -0.2) is 0 Å². The van der Waals surface area contributed by atoms with Gasteiger partial charge in [-0.15, -0.1) is 0 Å². The number of carbonyl (C=O) groups excluding carboxylic acids is 2. The topological polar surface area (TPSA) is 95.5 Å². The van der Waals surface area contributed by atoms with Crippen LogP contribution >= 0.6 is 0 Å². The zero-order chi connectivity index (χ0) is 13.5. The first-order valence-corrected chi connectivity index (χ1v) is 6.27. The molecule has 1 atom stereocenters. The summed E-state index contributed by atoms with van der Waals surface area (Å²) in [7, 11) is 0. The molecule has 1 unspecified atom stereocenters. The molecule has 1 aliphatic carbocycles. The Hall–Kier alpha value is -1.59. The molecule has 0 aromatic carbocycles. The number of aliphatic carboxylic acids is 1. The van der Waals surface area contributed by atoms with Gasteiger partial charge in [0, 0.05) is 13.5 Å². The fraction of sp³-hybridized carbons (Fsp3) is 0.750. The smallest absolute Gasteiger partial charge is 0.305 e. The van der Waals surface area contributed by atoms with Gasteiger partial charge in [0.15, 0.2) is 0 Å². The molecule has 0 saturated heterocycles. The van der Waals surface area contributed by atoms with Crippen molar-refractivity contribution < 1.29 is 19.5 Å². The van der Waals surface area contributed by atoms with E-state index in [1.165, 1.54) is 6.92 Å². The van der Waals surface area contributed by atoms with Gasteiger partial charge >= 0.3 is 5.97 Å². The van der Waals surface area contributed by atoms with E-state index < -0.39 is 12.0 Å². The second-order valence-electron chi connectivity index (χ2n) is 4.66. The van der Waals surface area contributed by atoms with Crippen LogP contribution in [0.1, 0.15) is 39.0 Å². The first-order valence-electron chi connectivity index (χ1n) is 6.27. The molecule has 0 aromatic rings. The summed E-state index contributed by atoms with van der Waals surface area (Å²) in [4.78, 5) is 33.4. The van der Waals surface area contributed by atoms with E-state index in [0.717, 1.165) is 25.7 Å². The average molecular weight is 256 g/mol. The van der Waals surface area contributed by atoms with E-state index in [2.05, 4.69) is 10.6 Å². The van der Waals surface area contributed by atoms with E-state index in [9.17, 15) is 14.4 Å². The zero-order valence-corrected chi connectivity index (χ0v) is 10.6. The maximum Gasteiger partial charge on any atom is 0.305 e. The molecule has 0 aromatic heterocycles. The Balaban J connectivity index is 2.49. The molecule has 1 aliphatic rings. The van der Waals surface area contributed by atoms with E-state index in [4.69, 9.17) is 5.11 Å². The predicted octanol–water partition coefficient (Wildman–Crippen LogP) is 0.272. The van der Waals surface area contributed by atoms with Crippen molar-refractivity contribution in [3.05, 3.63) is 0 Å². The highest BCUT2D eigenvalue weighted by atomic mass is 16.4. The Labute approximate surface area is 106 Å². The predicted molar refractivity (Wildman–Crippen MR) is 64.8 cm³/mol. The Morgan fingerprint density at radius 3 is 2.39 bits per heavy atom. The summed E-state index contributed by atoms with van der Waals surface area (Å²) in [6, 6.07) is -0.529. The van der Waals surface area contributed by atoms with Crippen molar-refractivity contribution in [3.8, 4) is 0 Å². The number of carboxylic acid groups (broad SMARTS) is 1. The normalized spacial score (nSPS) is 17.2. The second kappa shape index (κ2) is 6.98. The van der Waals surface area contributed by atoms with Crippen molar-refractivity contribution in [1.29, 1.82) is 0 Å². The summed E-state index contributed by atoms with van der Waals surface area (Å²) < 4.78 is 0. The molecule has 18 heavy (non-hydrogen) atoms. The molecular formula is C12H20N2O4. The Morgan fingerprint density at radius 2 is 1.89 bits per heavy atom. The molecule has 0 spiro atoms. The van der Waals surface area contributed by atoms with E-state index in [0.29, 0.717) is 0 Å². The Morgan fingerprint density at radius 1 is 1.28 bits per heavy atom. The highest BCUT2D eigenvalue weighted by Gasteiger charge is 2.30. The first kappa shape index (κ1) is 14.5. The molecule has 6 heteroatoms. The van der Waals surface area contributed by atoms with E-state index >= 15 is 0 Å². The minimum atomic E-state index is -0.952. The molecule has 1 rings (SSSR count). The molecule has 0 bridgehead atoms. The van der Waals surface area contributed by atoms with E-state index in [1.54, 1.807) is 0 Å². The molecule has 0 aliphatic heterocycles. The van der Waals surface area contributed by atoms with Crippen molar-refractivity contribution >= 4 is 17.8 Å². The van der Waals surface area contributed by atoms with Gasteiger partial charge in [-0.1, -0.05) is 12.8 Å². The number of hydrogen-bond acceptors (Lipinski definition) is 3. The molecular weight excluding hydrogens is 236 g/mol. The fourth-order valence-electron chi connectivity index (χ4n) is 2.31. The van der Waals surface area contributed by atoms with Crippen molar-refractivity contribution in [2.75, 3.05) is 6.54 Å². The molecule has 1 saturated carbocycles. The minimum absolute atomic E-state index is 0.0942. The van der Waals surface area contributed by atoms with Gasteiger partial charge in [-0.3, -0.25) is 14.4 Å². The van der Waals surface area contributed by atoms with Crippen LogP contribution in [0.3, 0.4) is 0 Å². The molecule has 0 heterocycles. The second-order valence-corrected chi connectivity index (χ2v) is 4.66. The van der Waals surface area contributed by atoms with Crippen molar-refractivity contribution in [2.24, 2.45) is 5.92 Å². The van der Waals surface area contributed by atoms with Crippen LogP contribution < -0.4 is 10.6 Å². The van der Waals surface area contributed by atoms with E-state index in [-0.39, 0.29) is 30.7 Å².